The van der Waals surface area contributed by atoms with Crippen LogP contribution in [-0.4, -0.2) is 80.6 Å². The molecule has 4 N–H and O–H groups in total. The van der Waals surface area contributed by atoms with Crippen LogP contribution >= 0.6 is 23.2 Å². The number of carboxylic acids is 2. The first kappa shape index (κ1) is 34.1. The maximum Gasteiger partial charge on any atom is 0.306 e. The summed E-state index contributed by atoms with van der Waals surface area (Å²) in [7, 11) is 0. The number of hydrogen-bond donors (Lipinski definition) is 4. The van der Waals surface area contributed by atoms with Crippen LogP contribution in [-0.2, 0) is 35.5 Å². The smallest absolute Gasteiger partial charge is 0.306 e. The molecule has 250 valence electrons. The fourth-order valence-electron chi connectivity index (χ4n) is 6.92. The Balaban J connectivity index is 1.21. The lowest BCUT2D eigenvalue weighted by Crippen LogP contribution is -2.37. The minimum absolute atomic E-state index is 0.262. The van der Waals surface area contributed by atoms with Crippen LogP contribution in [0, 0.1) is 0 Å². The number of fused-ring (bicyclic) bond motifs is 2. The molecule has 0 radical (unpaired) electrons. The van der Waals surface area contributed by atoms with Crippen LogP contribution in [0.4, 0.5) is 0 Å². The molecular formula is C38H38Cl2N2O6. The number of halogens is 2. The van der Waals surface area contributed by atoms with Crippen LogP contribution in [0.15, 0.2) is 72.8 Å². The van der Waals surface area contributed by atoms with Crippen molar-refractivity contribution in [3.8, 4) is 33.4 Å². The van der Waals surface area contributed by atoms with E-state index in [1.807, 2.05) is 36.4 Å². The van der Waals surface area contributed by atoms with Gasteiger partial charge < -0.3 is 20.4 Å². The molecule has 0 fully saturated rings. The third-order valence-corrected chi connectivity index (χ3v) is 10.1. The van der Waals surface area contributed by atoms with E-state index in [0.29, 0.717) is 36.2 Å². The summed E-state index contributed by atoms with van der Waals surface area (Å²) in [6.45, 7) is 3.43. The predicted molar refractivity (Wildman–Crippen MR) is 187 cm³/mol. The molecule has 0 spiro atoms. The number of aliphatic carboxylic acids is 2. The van der Waals surface area contributed by atoms with Crippen LogP contribution in [0.1, 0.15) is 35.1 Å². The van der Waals surface area contributed by atoms with Gasteiger partial charge in [-0.1, -0.05) is 96.0 Å². The predicted octanol–water partition coefficient (Wildman–Crippen LogP) is 6.38. The van der Waals surface area contributed by atoms with Crippen molar-refractivity contribution < 1.29 is 30.0 Å². The van der Waals surface area contributed by atoms with Gasteiger partial charge in [0.05, 0.1) is 35.1 Å². The molecule has 2 heterocycles. The molecule has 10 heteroatoms. The van der Waals surface area contributed by atoms with E-state index < -0.39 is 24.1 Å². The molecule has 4 aromatic rings. The Morgan fingerprint density at radius 1 is 0.604 bits per heavy atom. The van der Waals surface area contributed by atoms with Crippen molar-refractivity contribution in [1.82, 2.24) is 9.80 Å². The van der Waals surface area contributed by atoms with Gasteiger partial charge in [-0.25, -0.2) is 0 Å². The van der Waals surface area contributed by atoms with E-state index in [9.17, 15) is 19.8 Å². The van der Waals surface area contributed by atoms with E-state index in [4.69, 9.17) is 33.4 Å². The highest BCUT2D eigenvalue weighted by molar-refractivity contribution is 6.39. The van der Waals surface area contributed by atoms with Gasteiger partial charge in [0, 0.05) is 61.5 Å². The van der Waals surface area contributed by atoms with E-state index in [1.54, 1.807) is 0 Å². The number of carbonyl (C=O) groups is 2. The van der Waals surface area contributed by atoms with E-state index in [-0.39, 0.29) is 12.8 Å². The zero-order valence-electron chi connectivity index (χ0n) is 26.4. The number of β-amino-alcohol motifs (C(OH)–C–C–N with tert-alkyl or cyclic N) is 2. The van der Waals surface area contributed by atoms with Crippen molar-refractivity contribution in [3.63, 3.8) is 0 Å². The molecule has 0 bridgehead atoms. The van der Waals surface area contributed by atoms with Gasteiger partial charge >= 0.3 is 11.9 Å². The summed E-state index contributed by atoms with van der Waals surface area (Å²) in [4.78, 5) is 26.1. The summed E-state index contributed by atoms with van der Waals surface area (Å²) in [5, 5.41) is 39.4. The van der Waals surface area contributed by atoms with Crippen molar-refractivity contribution in [2.75, 3.05) is 26.2 Å². The zero-order valence-corrected chi connectivity index (χ0v) is 27.9. The van der Waals surface area contributed by atoms with Gasteiger partial charge in [-0.15, -0.1) is 0 Å². The molecule has 2 atom stereocenters. The number of hydrogen-bond acceptors (Lipinski definition) is 6. The van der Waals surface area contributed by atoms with Crippen LogP contribution in [0.2, 0.25) is 10.0 Å². The van der Waals surface area contributed by atoms with E-state index in [1.165, 1.54) is 11.1 Å². The molecule has 0 amide bonds. The Morgan fingerprint density at radius 3 is 1.40 bits per heavy atom. The Hall–Kier alpha value is -3.76. The largest absolute Gasteiger partial charge is 0.481 e. The average Bonchev–Trinajstić information content (AvgIpc) is 3.04. The molecule has 0 aliphatic carbocycles. The van der Waals surface area contributed by atoms with Crippen molar-refractivity contribution in [1.29, 1.82) is 0 Å². The van der Waals surface area contributed by atoms with Crippen molar-refractivity contribution in [2.24, 2.45) is 0 Å². The first-order chi connectivity index (χ1) is 23.0. The molecule has 2 aliphatic rings. The summed E-state index contributed by atoms with van der Waals surface area (Å²) in [5.74, 6) is -2.00. The monoisotopic (exact) mass is 688 g/mol. The van der Waals surface area contributed by atoms with Gasteiger partial charge in [0.15, 0.2) is 0 Å². The third kappa shape index (κ3) is 7.76. The second-order valence-corrected chi connectivity index (χ2v) is 13.5. The molecule has 2 unspecified atom stereocenters. The number of nitrogens with zero attached hydrogens (tertiary/aromatic N) is 2. The van der Waals surface area contributed by atoms with Crippen molar-refractivity contribution in [2.45, 2.75) is 51.0 Å². The highest BCUT2D eigenvalue weighted by Crippen LogP contribution is 2.43. The normalized spacial score (nSPS) is 16.2. The molecule has 4 aromatic carbocycles. The second kappa shape index (κ2) is 14.8. The van der Waals surface area contributed by atoms with Gasteiger partial charge in [0.2, 0.25) is 0 Å². The standard InChI is InChI=1S/C38H38Cl2N2O6/c39-37-31(25-7-9-27-19-41(13-11-23(27)15-25)21-29(43)17-35(45)46)3-1-5-33(37)34-6-2-4-32(38(34)40)26-8-10-28-20-42(14-12-24(28)16-26)22-30(44)18-36(47)48/h1-10,15-16,29-30,43-44H,11-14,17-22H2,(H,45,46)(H,47,48). The van der Waals surface area contributed by atoms with E-state index >= 15 is 0 Å². The number of benzene rings is 4. The summed E-state index contributed by atoms with van der Waals surface area (Å²) < 4.78 is 0. The van der Waals surface area contributed by atoms with Crippen LogP contribution < -0.4 is 0 Å². The number of rotatable bonds is 11. The topological polar surface area (TPSA) is 122 Å². The quantitative estimate of drug-likeness (QED) is 0.143. The molecule has 0 aromatic heterocycles. The lowest BCUT2D eigenvalue weighted by Gasteiger charge is -2.30. The highest BCUT2D eigenvalue weighted by atomic mass is 35.5. The molecular weight excluding hydrogens is 651 g/mol. The van der Waals surface area contributed by atoms with Gasteiger partial charge in [-0.3, -0.25) is 19.4 Å². The molecule has 8 nitrogen and oxygen atoms in total. The Morgan fingerprint density at radius 2 is 1.00 bits per heavy atom. The van der Waals surface area contributed by atoms with E-state index in [0.717, 1.165) is 70.4 Å². The lowest BCUT2D eigenvalue weighted by molar-refractivity contribution is -0.140. The number of aliphatic hydroxyl groups is 2. The van der Waals surface area contributed by atoms with Crippen molar-refractivity contribution in [3.05, 3.63) is 105 Å². The summed E-state index contributed by atoms with van der Waals surface area (Å²) in [5.41, 5.74) is 10.2. The van der Waals surface area contributed by atoms with Crippen molar-refractivity contribution >= 4 is 35.1 Å². The maximum atomic E-state index is 11.0. The van der Waals surface area contributed by atoms with E-state index in [2.05, 4.69) is 46.2 Å². The fraction of sp³-hybridized carbons (Fsp3) is 0.316. The van der Waals surface area contributed by atoms with Crippen LogP contribution in [0.3, 0.4) is 0 Å². The lowest BCUT2D eigenvalue weighted by atomic mass is 9.91. The number of aliphatic hydroxyl groups excluding tert-OH is 2. The molecule has 0 saturated carbocycles. The summed E-state index contributed by atoms with van der Waals surface area (Å²) >= 11 is 14.3. The SMILES string of the molecule is O=C(O)CC(O)CN1CCc2cc(-c3cccc(-c4cccc(-c5ccc6c(c5)CCN(CC(O)CC(=O)O)C6)c4Cl)c3Cl)ccc2C1. The zero-order chi connectivity index (χ0) is 33.9. The number of carboxylic acid groups (broad SMARTS) is 2. The summed E-state index contributed by atoms with van der Waals surface area (Å²) in [6, 6.07) is 24.6. The van der Waals surface area contributed by atoms with Crippen LogP contribution in [0.25, 0.3) is 33.4 Å². The molecule has 0 saturated heterocycles. The molecule has 2 aliphatic heterocycles. The Kier molecular flexibility index (Phi) is 10.5. The fourth-order valence-corrected chi connectivity index (χ4v) is 7.60. The van der Waals surface area contributed by atoms with Crippen LogP contribution in [0.5, 0.6) is 0 Å². The van der Waals surface area contributed by atoms with Gasteiger partial charge in [-0.05, 0) is 46.2 Å². The second-order valence-electron chi connectivity index (χ2n) is 12.8. The maximum absolute atomic E-state index is 11.0. The average molecular weight is 690 g/mol. The molecule has 6 rings (SSSR count). The first-order valence-electron chi connectivity index (χ1n) is 16.1. The molecule has 48 heavy (non-hydrogen) atoms. The minimum Gasteiger partial charge on any atom is -0.481 e. The summed E-state index contributed by atoms with van der Waals surface area (Å²) in [6.07, 6.45) is -0.734. The third-order valence-electron chi connectivity index (χ3n) is 9.26. The van der Waals surface area contributed by atoms with Gasteiger partial charge in [-0.2, -0.15) is 0 Å². The highest BCUT2D eigenvalue weighted by Gasteiger charge is 2.23. The first-order valence-corrected chi connectivity index (χ1v) is 16.9. The Bertz CT molecular complexity index is 1710. The Labute approximate surface area is 289 Å². The van der Waals surface area contributed by atoms with Gasteiger partial charge in [0.25, 0.3) is 0 Å². The van der Waals surface area contributed by atoms with Gasteiger partial charge in [0.1, 0.15) is 0 Å². The minimum atomic E-state index is -1.00.